The van der Waals surface area contributed by atoms with Gasteiger partial charge in [0.05, 0.1) is 6.10 Å². The first-order chi connectivity index (χ1) is 8.56. The number of β-amino-alcohol motifs (C(OH)–C–C–N with tert-alkyl or cyclic N) is 1. The van der Waals surface area contributed by atoms with E-state index in [1.807, 2.05) is 0 Å². The van der Waals surface area contributed by atoms with Gasteiger partial charge in [-0.15, -0.1) is 0 Å². The zero-order chi connectivity index (χ0) is 13.1. The Morgan fingerprint density at radius 3 is 2.44 bits per heavy atom. The van der Waals surface area contributed by atoms with Gasteiger partial charge in [0, 0.05) is 18.7 Å². The minimum Gasteiger partial charge on any atom is -0.484 e. The lowest BCUT2D eigenvalue weighted by Crippen LogP contribution is -2.53. The Hall–Kier alpha value is -2.08. The standard InChI is InChI=1S/C12H14N2O4/c13-11(16)7-18-10-3-1-8(2-4-10)12(17)14-5-9(15)6-14/h1-4,9,15H,5-7H2,(H2,13,16). The summed E-state index contributed by atoms with van der Waals surface area (Å²) in [7, 11) is 0. The quantitative estimate of drug-likeness (QED) is 0.744. The van der Waals surface area contributed by atoms with Gasteiger partial charge in [-0.3, -0.25) is 9.59 Å². The van der Waals surface area contributed by atoms with Crippen LogP contribution in [0.4, 0.5) is 0 Å². The van der Waals surface area contributed by atoms with Crippen molar-refractivity contribution in [3.63, 3.8) is 0 Å². The lowest BCUT2D eigenvalue weighted by molar-refractivity contribution is -0.119. The number of benzene rings is 1. The fourth-order valence-corrected chi connectivity index (χ4v) is 1.65. The van der Waals surface area contributed by atoms with Crippen molar-refractivity contribution in [1.82, 2.24) is 4.90 Å². The molecule has 18 heavy (non-hydrogen) atoms. The van der Waals surface area contributed by atoms with Gasteiger partial charge in [0.2, 0.25) is 0 Å². The highest BCUT2D eigenvalue weighted by Gasteiger charge is 2.29. The summed E-state index contributed by atoms with van der Waals surface area (Å²) in [5, 5.41) is 9.12. The molecular weight excluding hydrogens is 236 g/mol. The molecule has 0 aromatic heterocycles. The molecule has 1 aromatic rings. The Kier molecular flexibility index (Phi) is 3.47. The largest absolute Gasteiger partial charge is 0.484 e. The number of hydrogen-bond donors (Lipinski definition) is 2. The number of aliphatic hydroxyl groups excluding tert-OH is 1. The summed E-state index contributed by atoms with van der Waals surface area (Å²) in [6.45, 7) is 0.559. The van der Waals surface area contributed by atoms with Gasteiger partial charge < -0.3 is 20.5 Å². The SMILES string of the molecule is NC(=O)COc1ccc(C(=O)N2CC(O)C2)cc1. The number of carbonyl (C=O) groups excluding carboxylic acids is 2. The molecule has 0 aliphatic carbocycles. The molecule has 0 spiro atoms. The summed E-state index contributed by atoms with van der Waals surface area (Å²) in [6, 6.07) is 6.44. The topological polar surface area (TPSA) is 92.9 Å². The monoisotopic (exact) mass is 250 g/mol. The Labute approximate surface area is 104 Å². The summed E-state index contributed by atoms with van der Waals surface area (Å²) in [4.78, 5) is 23.9. The number of nitrogens with two attached hydrogens (primary N) is 1. The van der Waals surface area contributed by atoms with E-state index >= 15 is 0 Å². The maximum Gasteiger partial charge on any atom is 0.255 e. The average molecular weight is 250 g/mol. The minimum absolute atomic E-state index is 0.123. The number of rotatable bonds is 4. The Morgan fingerprint density at radius 2 is 1.94 bits per heavy atom. The van der Waals surface area contributed by atoms with Crippen molar-refractivity contribution in [2.24, 2.45) is 5.73 Å². The van der Waals surface area contributed by atoms with Gasteiger partial charge in [-0.1, -0.05) is 0 Å². The second kappa shape index (κ2) is 5.05. The molecule has 96 valence electrons. The molecule has 0 saturated carbocycles. The van der Waals surface area contributed by atoms with Gasteiger partial charge in [0.1, 0.15) is 5.75 Å². The Balaban J connectivity index is 1.94. The van der Waals surface area contributed by atoms with E-state index < -0.39 is 12.0 Å². The normalized spacial score (nSPS) is 15.1. The van der Waals surface area contributed by atoms with E-state index in [2.05, 4.69) is 0 Å². The number of hydrogen-bond acceptors (Lipinski definition) is 4. The van der Waals surface area contributed by atoms with Gasteiger partial charge >= 0.3 is 0 Å². The molecule has 1 aliphatic heterocycles. The summed E-state index contributed by atoms with van der Waals surface area (Å²) < 4.78 is 5.08. The fourth-order valence-electron chi connectivity index (χ4n) is 1.65. The molecule has 1 heterocycles. The van der Waals surface area contributed by atoms with Crippen LogP contribution in [-0.2, 0) is 4.79 Å². The molecule has 6 nitrogen and oxygen atoms in total. The fraction of sp³-hybridized carbons (Fsp3) is 0.333. The van der Waals surface area contributed by atoms with E-state index in [-0.39, 0.29) is 12.5 Å². The number of amides is 2. The van der Waals surface area contributed by atoms with Gasteiger partial charge in [0.25, 0.3) is 11.8 Å². The third-order valence-corrected chi connectivity index (χ3v) is 2.63. The second-order valence-electron chi connectivity index (χ2n) is 4.14. The highest BCUT2D eigenvalue weighted by atomic mass is 16.5. The molecule has 6 heteroatoms. The molecule has 3 N–H and O–H groups in total. The molecule has 0 radical (unpaired) electrons. The number of carbonyl (C=O) groups is 2. The van der Waals surface area contributed by atoms with Crippen LogP contribution in [0.25, 0.3) is 0 Å². The predicted octanol–water partition coefficient (Wildman–Crippen LogP) is -0.633. The molecule has 2 amide bonds. The molecule has 1 saturated heterocycles. The van der Waals surface area contributed by atoms with Gasteiger partial charge in [0.15, 0.2) is 6.61 Å². The molecule has 2 rings (SSSR count). The van der Waals surface area contributed by atoms with Crippen LogP contribution < -0.4 is 10.5 Å². The third kappa shape index (κ3) is 2.78. The predicted molar refractivity (Wildman–Crippen MR) is 63.0 cm³/mol. The Morgan fingerprint density at radius 1 is 1.33 bits per heavy atom. The van der Waals surface area contributed by atoms with E-state index in [0.29, 0.717) is 24.4 Å². The highest BCUT2D eigenvalue weighted by molar-refractivity contribution is 5.94. The van der Waals surface area contributed by atoms with Crippen molar-refractivity contribution < 1.29 is 19.4 Å². The van der Waals surface area contributed by atoms with Crippen molar-refractivity contribution >= 4 is 11.8 Å². The maximum atomic E-state index is 11.8. The molecule has 1 aliphatic rings. The Bertz CT molecular complexity index is 452. The summed E-state index contributed by atoms with van der Waals surface area (Å²) in [6.07, 6.45) is -0.410. The van der Waals surface area contributed by atoms with Crippen LogP contribution in [-0.4, -0.2) is 47.6 Å². The zero-order valence-electron chi connectivity index (χ0n) is 9.70. The number of ether oxygens (including phenoxy) is 1. The molecular formula is C12H14N2O4. The van der Waals surface area contributed by atoms with Crippen LogP contribution in [0.3, 0.4) is 0 Å². The molecule has 1 fully saturated rings. The molecule has 1 aromatic carbocycles. The van der Waals surface area contributed by atoms with Crippen molar-refractivity contribution in [3.8, 4) is 5.75 Å². The van der Waals surface area contributed by atoms with E-state index in [1.165, 1.54) is 0 Å². The first-order valence-electron chi connectivity index (χ1n) is 5.55. The molecule has 0 unspecified atom stereocenters. The summed E-state index contributed by atoms with van der Waals surface area (Å²) in [5.74, 6) is -0.194. The highest BCUT2D eigenvalue weighted by Crippen LogP contribution is 2.16. The van der Waals surface area contributed by atoms with Crippen molar-refractivity contribution in [3.05, 3.63) is 29.8 Å². The van der Waals surface area contributed by atoms with E-state index in [4.69, 9.17) is 15.6 Å². The van der Waals surface area contributed by atoms with Crippen molar-refractivity contribution in [2.45, 2.75) is 6.10 Å². The lowest BCUT2D eigenvalue weighted by atomic mass is 10.1. The van der Waals surface area contributed by atoms with Crippen LogP contribution in [0.5, 0.6) is 5.75 Å². The number of likely N-dealkylation sites (tertiary alicyclic amines) is 1. The van der Waals surface area contributed by atoms with E-state index in [1.54, 1.807) is 29.2 Å². The van der Waals surface area contributed by atoms with Crippen LogP contribution in [0.2, 0.25) is 0 Å². The minimum atomic E-state index is -0.551. The number of nitrogens with zero attached hydrogens (tertiary/aromatic N) is 1. The molecule has 0 bridgehead atoms. The van der Waals surface area contributed by atoms with E-state index in [9.17, 15) is 9.59 Å². The van der Waals surface area contributed by atoms with Crippen molar-refractivity contribution in [2.75, 3.05) is 19.7 Å². The molecule has 0 atom stereocenters. The summed E-state index contributed by atoms with van der Waals surface area (Å²) in [5.41, 5.74) is 5.47. The lowest BCUT2D eigenvalue weighted by Gasteiger charge is -2.35. The van der Waals surface area contributed by atoms with Crippen LogP contribution >= 0.6 is 0 Å². The van der Waals surface area contributed by atoms with Gasteiger partial charge in [-0.25, -0.2) is 0 Å². The van der Waals surface area contributed by atoms with Crippen molar-refractivity contribution in [1.29, 1.82) is 0 Å². The second-order valence-corrected chi connectivity index (χ2v) is 4.14. The smallest absolute Gasteiger partial charge is 0.255 e. The number of aliphatic hydroxyl groups is 1. The third-order valence-electron chi connectivity index (χ3n) is 2.63. The van der Waals surface area contributed by atoms with Crippen LogP contribution in [0.15, 0.2) is 24.3 Å². The van der Waals surface area contributed by atoms with Crippen LogP contribution in [0.1, 0.15) is 10.4 Å². The zero-order valence-corrected chi connectivity index (χ0v) is 9.70. The van der Waals surface area contributed by atoms with Crippen LogP contribution in [0, 0.1) is 0 Å². The van der Waals surface area contributed by atoms with Gasteiger partial charge in [-0.2, -0.15) is 0 Å². The first kappa shape index (κ1) is 12.4. The first-order valence-corrected chi connectivity index (χ1v) is 5.55. The summed E-state index contributed by atoms with van der Waals surface area (Å²) >= 11 is 0. The number of primary amides is 1. The maximum absolute atomic E-state index is 11.8. The average Bonchev–Trinajstić information content (AvgIpc) is 2.32. The van der Waals surface area contributed by atoms with E-state index in [0.717, 1.165) is 0 Å². The van der Waals surface area contributed by atoms with Gasteiger partial charge in [-0.05, 0) is 24.3 Å².